The lowest BCUT2D eigenvalue weighted by molar-refractivity contribution is -0.133. The molecule has 130 valence electrons. The van der Waals surface area contributed by atoms with Crippen LogP contribution in [0.3, 0.4) is 0 Å². The number of ether oxygens (including phenoxy) is 3. The Morgan fingerprint density at radius 1 is 1.04 bits per heavy atom. The van der Waals surface area contributed by atoms with E-state index in [0.29, 0.717) is 18.8 Å². The lowest BCUT2D eigenvalue weighted by atomic mass is 10.00. The van der Waals surface area contributed by atoms with Gasteiger partial charge in [-0.2, -0.15) is 0 Å². The van der Waals surface area contributed by atoms with Gasteiger partial charge in [-0.15, -0.1) is 0 Å². The third kappa shape index (κ3) is 4.98. The molecule has 2 rings (SSSR count). The maximum atomic E-state index is 11.9. The number of benzene rings is 2. The summed E-state index contributed by atoms with van der Waals surface area (Å²) >= 11 is 0. The summed E-state index contributed by atoms with van der Waals surface area (Å²) in [6.45, 7) is 6.24. The Morgan fingerprint density at radius 3 is 2.28 bits per heavy atom. The van der Waals surface area contributed by atoms with Gasteiger partial charge in [-0.25, -0.2) is 4.79 Å². The molecular formula is C21H22O4. The van der Waals surface area contributed by atoms with Gasteiger partial charge in [-0.05, 0) is 42.3 Å². The van der Waals surface area contributed by atoms with Crippen LogP contribution in [0.1, 0.15) is 18.1 Å². The van der Waals surface area contributed by atoms with Crippen LogP contribution in [0.2, 0.25) is 0 Å². The number of carbonyl (C=O) groups excluding carboxylic acids is 1. The van der Waals surface area contributed by atoms with Crippen molar-refractivity contribution in [2.45, 2.75) is 13.5 Å². The van der Waals surface area contributed by atoms with Gasteiger partial charge in [0.1, 0.15) is 24.7 Å². The summed E-state index contributed by atoms with van der Waals surface area (Å²) in [5, 5.41) is 0. The van der Waals surface area contributed by atoms with Crippen molar-refractivity contribution >= 4 is 11.5 Å². The summed E-state index contributed by atoms with van der Waals surface area (Å²) in [6.07, 6.45) is 3.44. The fourth-order valence-electron chi connectivity index (χ4n) is 2.35. The second kappa shape index (κ2) is 9.33. The molecule has 0 fully saturated rings. The first-order valence-electron chi connectivity index (χ1n) is 7.99. The number of esters is 1. The molecule has 4 heteroatoms. The van der Waals surface area contributed by atoms with Crippen molar-refractivity contribution in [1.29, 1.82) is 0 Å². The number of methoxy groups -OCH3 is 1. The van der Waals surface area contributed by atoms with Crippen molar-refractivity contribution in [2.75, 3.05) is 13.7 Å². The normalized spacial score (nSPS) is 10.9. The van der Waals surface area contributed by atoms with E-state index >= 15 is 0 Å². The zero-order valence-electron chi connectivity index (χ0n) is 14.5. The lowest BCUT2D eigenvalue weighted by Gasteiger charge is -2.13. The van der Waals surface area contributed by atoms with Gasteiger partial charge in [0, 0.05) is 0 Å². The molecule has 0 N–H and O–H groups in total. The van der Waals surface area contributed by atoms with Crippen molar-refractivity contribution in [3.05, 3.63) is 78.4 Å². The summed E-state index contributed by atoms with van der Waals surface area (Å²) in [4.78, 5) is 11.9. The maximum absolute atomic E-state index is 11.9. The number of hydrogen-bond acceptors (Lipinski definition) is 4. The highest BCUT2D eigenvalue weighted by molar-refractivity contribution is 6.16. The van der Waals surface area contributed by atoms with E-state index < -0.39 is 0 Å². The molecule has 0 aromatic heterocycles. The molecule has 4 nitrogen and oxygen atoms in total. The Balaban J connectivity index is 2.11. The first-order chi connectivity index (χ1) is 12.2. The van der Waals surface area contributed by atoms with Gasteiger partial charge >= 0.3 is 5.97 Å². The van der Waals surface area contributed by atoms with Gasteiger partial charge in [-0.1, -0.05) is 43.0 Å². The molecule has 0 heterocycles. The second-order valence-electron chi connectivity index (χ2n) is 5.21. The second-order valence-corrected chi connectivity index (χ2v) is 5.21. The van der Waals surface area contributed by atoms with Crippen LogP contribution in [0.5, 0.6) is 11.5 Å². The van der Waals surface area contributed by atoms with Crippen molar-refractivity contribution in [1.82, 2.24) is 0 Å². The molecule has 0 aliphatic rings. The highest BCUT2D eigenvalue weighted by Gasteiger charge is 2.15. The molecule has 0 aliphatic heterocycles. The van der Waals surface area contributed by atoms with Crippen LogP contribution in [0, 0.1) is 0 Å². The minimum atomic E-state index is -0.362. The van der Waals surface area contributed by atoms with E-state index in [1.807, 2.05) is 55.5 Å². The molecule has 2 aromatic carbocycles. The standard InChI is InChI=1S/C21H22O4/c1-4-14-24-17-10-12-18(13-11-17)25-15-16-8-6-7-9-20(16)19(5-2)21(22)23-3/h4-13H,1,14-15H2,2-3H3. The fourth-order valence-corrected chi connectivity index (χ4v) is 2.35. The number of hydrogen-bond donors (Lipinski definition) is 0. The van der Waals surface area contributed by atoms with Gasteiger partial charge in [0.15, 0.2) is 0 Å². The van der Waals surface area contributed by atoms with Crippen molar-refractivity contribution in [2.24, 2.45) is 0 Å². The Labute approximate surface area is 148 Å². The van der Waals surface area contributed by atoms with Crippen LogP contribution in [-0.4, -0.2) is 19.7 Å². The number of rotatable bonds is 8. The molecule has 25 heavy (non-hydrogen) atoms. The SMILES string of the molecule is C=CCOc1ccc(OCc2ccccc2C(=CC)C(=O)OC)cc1. The van der Waals surface area contributed by atoms with Crippen LogP contribution in [-0.2, 0) is 16.1 Å². The van der Waals surface area contributed by atoms with Crippen LogP contribution < -0.4 is 9.47 Å². The van der Waals surface area contributed by atoms with Gasteiger partial charge in [-0.3, -0.25) is 0 Å². The van der Waals surface area contributed by atoms with Crippen molar-refractivity contribution in [3.63, 3.8) is 0 Å². The molecular weight excluding hydrogens is 316 g/mol. The lowest BCUT2D eigenvalue weighted by Crippen LogP contribution is -2.07. The first-order valence-corrected chi connectivity index (χ1v) is 7.99. The molecule has 0 bridgehead atoms. The van der Waals surface area contributed by atoms with Crippen LogP contribution in [0.15, 0.2) is 67.3 Å². The predicted molar refractivity (Wildman–Crippen MR) is 98.6 cm³/mol. The Morgan fingerprint density at radius 2 is 1.68 bits per heavy atom. The highest BCUT2D eigenvalue weighted by Crippen LogP contribution is 2.23. The third-order valence-electron chi connectivity index (χ3n) is 3.59. The minimum absolute atomic E-state index is 0.345. The average Bonchev–Trinajstić information content (AvgIpc) is 2.66. The molecule has 2 aromatic rings. The Kier molecular flexibility index (Phi) is 6.84. The maximum Gasteiger partial charge on any atom is 0.338 e. The highest BCUT2D eigenvalue weighted by atomic mass is 16.5. The topological polar surface area (TPSA) is 44.8 Å². The van der Waals surface area contributed by atoms with E-state index in [4.69, 9.17) is 14.2 Å². The van der Waals surface area contributed by atoms with Crippen molar-refractivity contribution in [3.8, 4) is 11.5 Å². The summed E-state index contributed by atoms with van der Waals surface area (Å²) in [5.41, 5.74) is 2.24. The summed E-state index contributed by atoms with van der Waals surface area (Å²) in [5.74, 6) is 1.12. The Hall–Kier alpha value is -3.01. The number of allylic oxidation sites excluding steroid dienone is 1. The zero-order chi connectivity index (χ0) is 18.1. The molecule has 0 unspecified atom stereocenters. The van der Waals surface area contributed by atoms with Crippen LogP contribution in [0.25, 0.3) is 5.57 Å². The predicted octanol–water partition coefficient (Wildman–Crippen LogP) is 4.41. The minimum Gasteiger partial charge on any atom is -0.490 e. The summed E-state index contributed by atoms with van der Waals surface area (Å²) < 4.78 is 16.1. The van der Waals surface area contributed by atoms with E-state index in [-0.39, 0.29) is 5.97 Å². The largest absolute Gasteiger partial charge is 0.490 e. The van der Waals surface area contributed by atoms with Gasteiger partial charge in [0.25, 0.3) is 0 Å². The van der Waals surface area contributed by atoms with E-state index in [9.17, 15) is 4.79 Å². The third-order valence-corrected chi connectivity index (χ3v) is 3.59. The quantitative estimate of drug-likeness (QED) is 0.406. The Bertz CT molecular complexity index is 745. The zero-order valence-corrected chi connectivity index (χ0v) is 14.5. The molecule has 0 saturated heterocycles. The molecule has 0 spiro atoms. The summed E-state index contributed by atoms with van der Waals surface area (Å²) in [7, 11) is 1.38. The smallest absolute Gasteiger partial charge is 0.338 e. The fraction of sp³-hybridized carbons (Fsp3) is 0.190. The van der Waals surface area contributed by atoms with Gasteiger partial charge in [0.2, 0.25) is 0 Å². The van der Waals surface area contributed by atoms with Crippen molar-refractivity contribution < 1.29 is 19.0 Å². The molecule has 0 saturated carbocycles. The van der Waals surface area contributed by atoms with Crippen LogP contribution in [0.4, 0.5) is 0 Å². The average molecular weight is 338 g/mol. The molecule has 0 aliphatic carbocycles. The monoisotopic (exact) mass is 338 g/mol. The molecule has 0 radical (unpaired) electrons. The van der Waals surface area contributed by atoms with E-state index in [2.05, 4.69) is 6.58 Å². The summed E-state index contributed by atoms with van der Waals surface area (Å²) in [6, 6.07) is 15.0. The van der Waals surface area contributed by atoms with Gasteiger partial charge in [0.05, 0.1) is 12.7 Å². The van der Waals surface area contributed by atoms with Crippen LogP contribution >= 0.6 is 0 Å². The van der Waals surface area contributed by atoms with E-state index in [1.54, 1.807) is 12.2 Å². The molecule has 0 atom stereocenters. The van der Waals surface area contributed by atoms with Gasteiger partial charge < -0.3 is 14.2 Å². The first kappa shape index (κ1) is 18.3. The molecule has 0 amide bonds. The van der Waals surface area contributed by atoms with E-state index in [1.165, 1.54) is 7.11 Å². The number of carbonyl (C=O) groups is 1. The van der Waals surface area contributed by atoms with E-state index in [0.717, 1.165) is 22.6 Å².